The van der Waals surface area contributed by atoms with Crippen LogP contribution in [0.4, 0.5) is 0 Å². The van der Waals surface area contributed by atoms with E-state index in [2.05, 4.69) is 278 Å². The van der Waals surface area contributed by atoms with E-state index in [1.165, 1.54) is 109 Å². The van der Waals surface area contributed by atoms with Gasteiger partial charge in [0.05, 0.1) is 0 Å². The third-order valence-corrected chi connectivity index (χ3v) is 15.6. The number of nitrogens with zero attached hydrogens (tertiary/aromatic N) is 3. The Morgan fingerprint density at radius 3 is 1.03 bits per heavy atom. The van der Waals surface area contributed by atoms with Gasteiger partial charge in [-0.3, -0.25) is 4.57 Å². The molecule has 0 radical (unpaired) electrons. The summed E-state index contributed by atoms with van der Waals surface area (Å²) in [6, 6.07) is 104. The Bertz CT molecular complexity index is 4690. The largest absolute Gasteiger partial charge is 0.275 e. The summed E-state index contributed by atoms with van der Waals surface area (Å²) in [5, 5.41) is 24.3. The summed E-state index contributed by atoms with van der Waals surface area (Å²) in [6.45, 7) is 0. The van der Waals surface area contributed by atoms with Crippen LogP contribution in [0.1, 0.15) is 0 Å². The zero-order valence-electron chi connectivity index (χ0n) is 42.0. The Hall–Kier alpha value is -10.2. The Morgan fingerprint density at radius 1 is 0.195 bits per heavy atom. The summed E-state index contributed by atoms with van der Waals surface area (Å²) in [5.41, 5.74) is 15.0. The average molecular weight is 978 g/mol. The van der Waals surface area contributed by atoms with Gasteiger partial charge in [0.25, 0.3) is 0 Å². The van der Waals surface area contributed by atoms with Crippen molar-refractivity contribution >= 4 is 64.6 Å². The number of aromatic nitrogens is 3. The zero-order valence-corrected chi connectivity index (χ0v) is 42.0. The van der Waals surface area contributed by atoms with Crippen LogP contribution >= 0.6 is 0 Å². The minimum absolute atomic E-state index is 0.793. The molecule has 1 heterocycles. The summed E-state index contributed by atoms with van der Waals surface area (Å²) in [6.07, 6.45) is 0. The van der Waals surface area contributed by atoms with Crippen LogP contribution in [-0.2, 0) is 0 Å². The first-order valence-corrected chi connectivity index (χ1v) is 26.4. The topological polar surface area (TPSA) is 30.7 Å². The number of fused-ring (bicyclic) bond motifs is 6. The monoisotopic (exact) mass is 977 g/mol. The second kappa shape index (κ2) is 18.3. The van der Waals surface area contributed by atoms with E-state index in [4.69, 9.17) is 10.2 Å². The van der Waals surface area contributed by atoms with Crippen molar-refractivity contribution in [1.82, 2.24) is 14.8 Å². The summed E-state index contributed by atoms with van der Waals surface area (Å²) >= 11 is 0. The molecule has 0 aliphatic carbocycles. The van der Waals surface area contributed by atoms with Crippen LogP contribution in [0.25, 0.3) is 149 Å². The molecule has 0 aliphatic heterocycles. The van der Waals surface area contributed by atoms with Crippen molar-refractivity contribution in [2.24, 2.45) is 0 Å². The highest BCUT2D eigenvalue weighted by Crippen LogP contribution is 2.48. The standard InChI is InChI=1S/C74H47N3/c1-3-21-50(22-4-1)73-75-76-74(51-23-5-2-6-24-51)77(73)60-30-18-29-57(46-60)70-63-33-13-11-31-61(63)69(62-32-12-14-34-64(62)70)56-28-17-27-54(45-56)55-41-42-67-68(47-55)72(59-40-38-49-20-8-10-26-53(49)44-59)66-36-16-15-35-65(66)71(67)58-39-37-48-19-7-9-25-52(48)43-58/h1-47H. The number of benzene rings is 14. The Labute approximate surface area is 446 Å². The molecule has 0 bridgehead atoms. The average Bonchev–Trinajstić information content (AvgIpc) is 4.05. The fraction of sp³-hybridized carbons (Fsp3) is 0. The Balaban J connectivity index is 0.915. The fourth-order valence-electron chi connectivity index (χ4n) is 12.2. The first-order valence-electron chi connectivity index (χ1n) is 26.4. The lowest BCUT2D eigenvalue weighted by atomic mass is 9.83. The van der Waals surface area contributed by atoms with Gasteiger partial charge in [-0.2, -0.15) is 0 Å². The Kier molecular flexibility index (Phi) is 10.5. The fourth-order valence-corrected chi connectivity index (χ4v) is 12.2. The summed E-state index contributed by atoms with van der Waals surface area (Å²) in [5.74, 6) is 1.59. The predicted octanol–water partition coefficient (Wildman–Crippen LogP) is 19.9. The van der Waals surface area contributed by atoms with Gasteiger partial charge in [-0.1, -0.05) is 249 Å². The molecule has 0 spiro atoms. The van der Waals surface area contributed by atoms with Crippen molar-refractivity contribution in [3.8, 4) is 84.1 Å². The highest BCUT2D eigenvalue weighted by atomic mass is 15.3. The molecule has 15 aromatic rings. The van der Waals surface area contributed by atoms with Crippen molar-refractivity contribution in [2.75, 3.05) is 0 Å². The molecule has 0 atom stereocenters. The Morgan fingerprint density at radius 2 is 0.532 bits per heavy atom. The van der Waals surface area contributed by atoms with E-state index in [0.717, 1.165) is 39.6 Å². The first-order chi connectivity index (χ1) is 38.2. The van der Waals surface area contributed by atoms with Crippen molar-refractivity contribution < 1.29 is 0 Å². The number of rotatable bonds is 8. The van der Waals surface area contributed by atoms with E-state index >= 15 is 0 Å². The van der Waals surface area contributed by atoms with Crippen LogP contribution < -0.4 is 0 Å². The molecule has 0 N–H and O–H groups in total. The van der Waals surface area contributed by atoms with Gasteiger partial charge in [0.2, 0.25) is 0 Å². The van der Waals surface area contributed by atoms with Crippen LogP contribution in [0.3, 0.4) is 0 Å². The zero-order chi connectivity index (χ0) is 50.8. The lowest BCUT2D eigenvalue weighted by Gasteiger charge is -2.20. The van der Waals surface area contributed by atoms with Gasteiger partial charge in [0.15, 0.2) is 11.6 Å². The van der Waals surface area contributed by atoms with Crippen molar-refractivity contribution in [3.05, 3.63) is 285 Å². The van der Waals surface area contributed by atoms with E-state index in [0.29, 0.717) is 0 Å². The first kappa shape index (κ1) is 44.3. The lowest BCUT2D eigenvalue weighted by Crippen LogP contribution is -2.01. The molecule has 0 fully saturated rings. The van der Waals surface area contributed by atoms with Crippen LogP contribution in [0.2, 0.25) is 0 Å². The molecule has 358 valence electrons. The van der Waals surface area contributed by atoms with Crippen LogP contribution in [0.5, 0.6) is 0 Å². The van der Waals surface area contributed by atoms with Gasteiger partial charge in [0, 0.05) is 16.8 Å². The summed E-state index contributed by atoms with van der Waals surface area (Å²) in [4.78, 5) is 0. The summed E-state index contributed by atoms with van der Waals surface area (Å²) in [7, 11) is 0. The molecule has 0 saturated carbocycles. The van der Waals surface area contributed by atoms with E-state index in [9.17, 15) is 0 Å². The van der Waals surface area contributed by atoms with Gasteiger partial charge in [0.1, 0.15) is 0 Å². The highest BCUT2D eigenvalue weighted by Gasteiger charge is 2.22. The van der Waals surface area contributed by atoms with Gasteiger partial charge in [-0.05, 0) is 157 Å². The van der Waals surface area contributed by atoms with Gasteiger partial charge < -0.3 is 0 Å². The molecular weight excluding hydrogens is 931 g/mol. The van der Waals surface area contributed by atoms with E-state index in [1.54, 1.807) is 0 Å². The molecule has 15 rings (SSSR count). The summed E-state index contributed by atoms with van der Waals surface area (Å²) < 4.78 is 2.20. The van der Waals surface area contributed by atoms with Crippen LogP contribution in [0.15, 0.2) is 285 Å². The molecule has 0 saturated heterocycles. The second-order valence-electron chi connectivity index (χ2n) is 20.1. The van der Waals surface area contributed by atoms with Gasteiger partial charge in [-0.15, -0.1) is 10.2 Å². The molecule has 3 nitrogen and oxygen atoms in total. The minimum atomic E-state index is 0.793. The maximum absolute atomic E-state index is 4.81. The molecular formula is C74H47N3. The highest BCUT2D eigenvalue weighted by molar-refractivity contribution is 6.24. The molecule has 14 aromatic carbocycles. The van der Waals surface area contributed by atoms with Gasteiger partial charge in [-0.25, -0.2) is 0 Å². The molecule has 0 aliphatic rings. The SMILES string of the molecule is c1ccc(-c2nnc(-c3ccccc3)n2-c2cccc(-c3c4ccccc4c(-c4cccc(-c5ccc6c(-c7ccc8ccccc8c7)c7ccccc7c(-c7ccc8ccccc8c7)c6c5)c4)c4ccccc34)c2)cc1. The molecule has 0 amide bonds. The van der Waals surface area contributed by atoms with Gasteiger partial charge >= 0.3 is 0 Å². The second-order valence-corrected chi connectivity index (χ2v) is 20.1. The van der Waals surface area contributed by atoms with Crippen molar-refractivity contribution in [1.29, 1.82) is 0 Å². The normalized spacial score (nSPS) is 11.6. The van der Waals surface area contributed by atoms with Crippen LogP contribution in [0, 0.1) is 0 Å². The van der Waals surface area contributed by atoms with E-state index < -0.39 is 0 Å². The lowest BCUT2D eigenvalue weighted by molar-refractivity contribution is 1.07. The number of hydrogen-bond donors (Lipinski definition) is 0. The predicted molar refractivity (Wildman–Crippen MR) is 324 cm³/mol. The van der Waals surface area contributed by atoms with Crippen molar-refractivity contribution in [3.63, 3.8) is 0 Å². The molecule has 1 aromatic heterocycles. The third kappa shape index (κ3) is 7.51. The molecule has 0 unspecified atom stereocenters. The maximum Gasteiger partial charge on any atom is 0.168 e. The third-order valence-electron chi connectivity index (χ3n) is 15.6. The smallest absolute Gasteiger partial charge is 0.168 e. The molecule has 77 heavy (non-hydrogen) atoms. The van der Waals surface area contributed by atoms with Crippen LogP contribution in [-0.4, -0.2) is 14.8 Å². The quantitative estimate of drug-likeness (QED) is 0.142. The maximum atomic E-state index is 4.81. The minimum Gasteiger partial charge on any atom is -0.275 e. The van der Waals surface area contributed by atoms with E-state index in [-0.39, 0.29) is 0 Å². The van der Waals surface area contributed by atoms with Crippen molar-refractivity contribution in [2.45, 2.75) is 0 Å². The molecule has 3 heteroatoms. The number of hydrogen-bond acceptors (Lipinski definition) is 2. The van der Waals surface area contributed by atoms with E-state index in [1.807, 2.05) is 12.1 Å².